The SMILES string of the molecule is Cc1cscc1CN=C1NC(C)CCS1. The first-order valence-electron chi connectivity index (χ1n) is 5.21. The van der Waals surface area contributed by atoms with Crippen LogP contribution in [0.3, 0.4) is 0 Å². The van der Waals surface area contributed by atoms with Crippen molar-refractivity contribution in [3.8, 4) is 0 Å². The van der Waals surface area contributed by atoms with E-state index in [1.807, 2.05) is 11.8 Å². The lowest BCUT2D eigenvalue weighted by atomic mass is 10.2. The van der Waals surface area contributed by atoms with Gasteiger partial charge in [-0.2, -0.15) is 11.3 Å². The van der Waals surface area contributed by atoms with Gasteiger partial charge in [-0.25, -0.2) is 0 Å². The van der Waals surface area contributed by atoms with Crippen LogP contribution in [0, 0.1) is 6.92 Å². The van der Waals surface area contributed by atoms with Crippen molar-refractivity contribution in [2.45, 2.75) is 32.9 Å². The Labute approximate surface area is 99.2 Å². The van der Waals surface area contributed by atoms with Crippen LogP contribution in [0.5, 0.6) is 0 Å². The fraction of sp³-hybridized carbons (Fsp3) is 0.545. The second kappa shape index (κ2) is 5.03. The molecule has 0 radical (unpaired) electrons. The van der Waals surface area contributed by atoms with Crippen LogP contribution < -0.4 is 5.32 Å². The Balaban J connectivity index is 1.96. The minimum atomic E-state index is 0.577. The fourth-order valence-corrected chi connectivity index (χ4v) is 3.41. The summed E-state index contributed by atoms with van der Waals surface area (Å²) in [6.45, 7) is 5.18. The number of nitrogens with one attached hydrogen (secondary N) is 1. The molecule has 15 heavy (non-hydrogen) atoms. The predicted octanol–water partition coefficient (Wildman–Crippen LogP) is 3.03. The molecule has 2 rings (SSSR count). The Morgan fingerprint density at radius 2 is 2.40 bits per heavy atom. The van der Waals surface area contributed by atoms with Crippen LogP contribution >= 0.6 is 23.1 Å². The molecule has 0 bridgehead atoms. The molecule has 1 unspecified atom stereocenters. The van der Waals surface area contributed by atoms with E-state index in [0.717, 1.165) is 11.7 Å². The second-order valence-electron chi connectivity index (χ2n) is 3.88. The molecule has 1 atom stereocenters. The quantitative estimate of drug-likeness (QED) is 0.859. The van der Waals surface area contributed by atoms with Gasteiger partial charge in [-0.15, -0.1) is 0 Å². The number of rotatable bonds is 2. The first-order chi connectivity index (χ1) is 7.25. The maximum Gasteiger partial charge on any atom is 0.157 e. The number of amidine groups is 1. The van der Waals surface area contributed by atoms with E-state index in [1.54, 1.807) is 11.3 Å². The summed E-state index contributed by atoms with van der Waals surface area (Å²) in [4.78, 5) is 4.61. The first-order valence-corrected chi connectivity index (χ1v) is 7.14. The van der Waals surface area contributed by atoms with Gasteiger partial charge >= 0.3 is 0 Å². The van der Waals surface area contributed by atoms with E-state index in [4.69, 9.17) is 0 Å². The van der Waals surface area contributed by atoms with Crippen LogP contribution in [0.2, 0.25) is 0 Å². The Hall–Kier alpha value is -0.480. The summed E-state index contributed by atoms with van der Waals surface area (Å²) in [7, 11) is 0. The molecule has 82 valence electrons. The third-order valence-electron chi connectivity index (χ3n) is 2.51. The lowest BCUT2D eigenvalue weighted by molar-refractivity contribution is 0.642. The van der Waals surface area contributed by atoms with E-state index in [-0.39, 0.29) is 0 Å². The highest BCUT2D eigenvalue weighted by molar-refractivity contribution is 8.13. The van der Waals surface area contributed by atoms with Crippen molar-refractivity contribution >= 4 is 28.3 Å². The summed E-state index contributed by atoms with van der Waals surface area (Å²) in [6, 6.07) is 0.577. The Morgan fingerprint density at radius 3 is 3.07 bits per heavy atom. The molecular weight excluding hydrogens is 224 g/mol. The third kappa shape index (κ3) is 2.98. The molecule has 1 aromatic heterocycles. The molecule has 0 aliphatic carbocycles. The number of aliphatic imine (C=N–C) groups is 1. The van der Waals surface area contributed by atoms with Gasteiger partial charge in [-0.1, -0.05) is 11.8 Å². The summed E-state index contributed by atoms with van der Waals surface area (Å²) >= 11 is 3.59. The van der Waals surface area contributed by atoms with E-state index < -0.39 is 0 Å². The van der Waals surface area contributed by atoms with Gasteiger partial charge in [0, 0.05) is 11.8 Å². The van der Waals surface area contributed by atoms with Crippen molar-refractivity contribution in [2.75, 3.05) is 5.75 Å². The normalized spacial score (nSPS) is 24.1. The highest BCUT2D eigenvalue weighted by atomic mass is 32.2. The first kappa shape index (κ1) is 11.0. The molecule has 1 N–H and O–H groups in total. The largest absolute Gasteiger partial charge is 0.362 e. The van der Waals surface area contributed by atoms with Gasteiger partial charge in [0.05, 0.1) is 6.54 Å². The van der Waals surface area contributed by atoms with Crippen molar-refractivity contribution in [3.63, 3.8) is 0 Å². The van der Waals surface area contributed by atoms with Crippen LogP contribution in [-0.4, -0.2) is 17.0 Å². The molecule has 0 saturated carbocycles. The summed E-state index contributed by atoms with van der Waals surface area (Å²) < 4.78 is 0. The monoisotopic (exact) mass is 240 g/mol. The smallest absolute Gasteiger partial charge is 0.157 e. The summed E-state index contributed by atoms with van der Waals surface area (Å²) in [5.41, 5.74) is 2.71. The summed E-state index contributed by atoms with van der Waals surface area (Å²) in [5.74, 6) is 1.19. The molecule has 1 aliphatic rings. The average molecular weight is 240 g/mol. The standard InChI is InChI=1S/C11H16N2S2/c1-8-6-14-7-10(8)5-12-11-13-9(2)3-4-15-11/h6-7,9H,3-5H2,1-2H3,(H,12,13). The third-order valence-corrected chi connectivity index (χ3v) is 4.38. The molecule has 2 heterocycles. The Morgan fingerprint density at radius 1 is 1.53 bits per heavy atom. The number of hydrogen-bond donors (Lipinski definition) is 1. The molecule has 1 aliphatic heterocycles. The van der Waals surface area contributed by atoms with E-state index in [0.29, 0.717) is 6.04 Å². The van der Waals surface area contributed by atoms with Crippen molar-refractivity contribution in [3.05, 3.63) is 21.9 Å². The molecule has 0 aromatic carbocycles. The highest BCUT2D eigenvalue weighted by Crippen LogP contribution is 2.17. The Bertz CT molecular complexity index is 357. The van der Waals surface area contributed by atoms with Gasteiger partial charge in [-0.3, -0.25) is 4.99 Å². The number of hydrogen-bond acceptors (Lipinski definition) is 3. The Kier molecular flexibility index (Phi) is 3.70. The van der Waals surface area contributed by atoms with E-state index >= 15 is 0 Å². The topological polar surface area (TPSA) is 24.4 Å². The van der Waals surface area contributed by atoms with Crippen LogP contribution in [0.4, 0.5) is 0 Å². The van der Waals surface area contributed by atoms with Gasteiger partial charge in [-0.05, 0) is 42.2 Å². The lowest BCUT2D eigenvalue weighted by Gasteiger charge is -2.21. The minimum absolute atomic E-state index is 0.577. The molecule has 0 spiro atoms. The van der Waals surface area contributed by atoms with E-state index in [9.17, 15) is 0 Å². The fourth-order valence-electron chi connectivity index (χ4n) is 1.45. The zero-order valence-corrected chi connectivity index (χ0v) is 10.8. The average Bonchev–Trinajstić information content (AvgIpc) is 2.61. The maximum absolute atomic E-state index is 4.61. The number of thiophene rings is 1. The molecule has 1 fully saturated rings. The molecular formula is C11H16N2S2. The second-order valence-corrected chi connectivity index (χ2v) is 5.71. The van der Waals surface area contributed by atoms with Gasteiger partial charge in [0.15, 0.2) is 5.17 Å². The van der Waals surface area contributed by atoms with E-state index in [1.165, 1.54) is 23.3 Å². The van der Waals surface area contributed by atoms with Crippen molar-refractivity contribution in [1.29, 1.82) is 0 Å². The molecule has 2 nitrogen and oxygen atoms in total. The van der Waals surface area contributed by atoms with Crippen LogP contribution in [-0.2, 0) is 6.54 Å². The zero-order valence-electron chi connectivity index (χ0n) is 9.12. The molecule has 1 aromatic rings. The van der Waals surface area contributed by atoms with Crippen molar-refractivity contribution < 1.29 is 0 Å². The summed E-state index contributed by atoms with van der Waals surface area (Å²) in [5, 5.41) is 8.90. The maximum atomic E-state index is 4.61. The number of thioether (sulfide) groups is 1. The molecule has 1 saturated heterocycles. The van der Waals surface area contributed by atoms with Crippen LogP contribution in [0.1, 0.15) is 24.5 Å². The van der Waals surface area contributed by atoms with Gasteiger partial charge in [0.25, 0.3) is 0 Å². The molecule has 0 amide bonds. The van der Waals surface area contributed by atoms with Gasteiger partial charge < -0.3 is 5.32 Å². The summed E-state index contributed by atoms with van der Waals surface area (Å²) in [6.07, 6.45) is 1.24. The van der Waals surface area contributed by atoms with Gasteiger partial charge in [0.2, 0.25) is 0 Å². The number of nitrogens with zero attached hydrogens (tertiary/aromatic N) is 1. The zero-order chi connectivity index (χ0) is 10.7. The van der Waals surface area contributed by atoms with E-state index in [2.05, 4.69) is 34.9 Å². The lowest BCUT2D eigenvalue weighted by Crippen LogP contribution is -2.35. The minimum Gasteiger partial charge on any atom is -0.362 e. The van der Waals surface area contributed by atoms with Crippen molar-refractivity contribution in [2.24, 2.45) is 4.99 Å². The van der Waals surface area contributed by atoms with Crippen LogP contribution in [0.15, 0.2) is 15.8 Å². The number of aryl methyl sites for hydroxylation is 1. The van der Waals surface area contributed by atoms with Gasteiger partial charge in [0.1, 0.15) is 0 Å². The predicted molar refractivity (Wildman–Crippen MR) is 69.9 cm³/mol. The molecule has 4 heteroatoms. The van der Waals surface area contributed by atoms with Crippen molar-refractivity contribution in [1.82, 2.24) is 5.32 Å². The van der Waals surface area contributed by atoms with Crippen LogP contribution in [0.25, 0.3) is 0 Å². The highest BCUT2D eigenvalue weighted by Gasteiger charge is 2.12.